The van der Waals surface area contributed by atoms with Gasteiger partial charge in [-0.1, -0.05) is 18.2 Å². The average Bonchev–Trinajstić information content (AvgIpc) is 2.24. The minimum absolute atomic E-state index is 0. The van der Waals surface area contributed by atoms with Gasteiger partial charge < -0.3 is 0 Å². The maximum Gasteiger partial charge on any atom is 0.105 e. The van der Waals surface area contributed by atoms with Gasteiger partial charge in [-0.05, 0) is 19.2 Å². The predicted octanol–water partition coefficient (Wildman–Crippen LogP) is 2.54. The lowest BCUT2D eigenvalue weighted by atomic mass is 10.4. The van der Waals surface area contributed by atoms with Crippen LogP contribution in [0.3, 0.4) is 0 Å². The van der Waals surface area contributed by atoms with Crippen LogP contribution < -0.4 is 5.30 Å². The van der Waals surface area contributed by atoms with Crippen LogP contribution in [0.2, 0.25) is 0 Å². The van der Waals surface area contributed by atoms with Gasteiger partial charge >= 0.3 is 0 Å². The zero-order valence-electron chi connectivity index (χ0n) is 8.97. The molecule has 2 rings (SSSR count). The van der Waals surface area contributed by atoms with Gasteiger partial charge in [0.1, 0.15) is 11.8 Å². The molecule has 1 aromatic rings. The number of nitrogens with zero attached hydrogens (tertiary/aromatic N) is 1. The third-order valence-corrected chi connectivity index (χ3v) is 7.97. The van der Waals surface area contributed by atoms with Crippen LogP contribution in [0, 0.1) is 0 Å². The molecule has 1 aliphatic rings. The van der Waals surface area contributed by atoms with E-state index in [4.69, 9.17) is 12.2 Å². The average molecular weight is 263 g/mol. The Morgan fingerprint density at radius 3 is 2.20 bits per heavy atom. The first-order valence-electron chi connectivity index (χ1n) is 5.05. The van der Waals surface area contributed by atoms with Gasteiger partial charge in [0.05, 0.1) is 12.3 Å². The Kier molecular flexibility index (Phi) is 4.92. The first-order chi connectivity index (χ1) is 6.71. The first kappa shape index (κ1) is 13.3. The molecule has 1 nitrogen and oxygen atoms in total. The highest BCUT2D eigenvalue weighted by Gasteiger charge is 2.39. The number of benzene rings is 1. The summed E-state index contributed by atoms with van der Waals surface area (Å²) in [5.41, 5.74) is 0. The quantitative estimate of drug-likeness (QED) is 0.601. The molecule has 0 amide bonds. The fourth-order valence-electron chi connectivity index (χ4n) is 1.86. The van der Waals surface area contributed by atoms with Crippen LogP contribution >= 0.6 is 31.1 Å². The van der Waals surface area contributed by atoms with E-state index in [9.17, 15) is 0 Å². The molecule has 0 atom stereocenters. The van der Waals surface area contributed by atoms with Gasteiger partial charge in [0.15, 0.2) is 0 Å². The molecule has 1 aliphatic heterocycles. The SMILES string of the molecule is CN1CC[P+](S)(c2ccccc2)CC1.Cl. The molecule has 84 valence electrons. The predicted molar refractivity (Wildman–Crippen MR) is 76.5 cm³/mol. The fourth-order valence-corrected chi connectivity index (χ4v) is 5.61. The van der Waals surface area contributed by atoms with E-state index in [-0.39, 0.29) is 12.4 Å². The Bertz CT molecular complexity index is 299. The summed E-state index contributed by atoms with van der Waals surface area (Å²) in [7, 11) is 2.20. The van der Waals surface area contributed by atoms with E-state index < -0.39 is 6.46 Å². The minimum atomic E-state index is -1.10. The summed E-state index contributed by atoms with van der Waals surface area (Å²) < 4.78 is 0. The number of hydrogen-bond donors (Lipinski definition) is 1. The van der Waals surface area contributed by atoms with Gasteiger partial charge in [-0.15, -0.1) is 12.4 Å². The molecular formula is C11H18ClNPS+. The lowest BCUT2D eigenvalue weighted by Gasteiger charge is -2.30. The van der Waals surface area contributed by atoms with Crippen molar-refractivity contribution in [2.75, 3.05) is 32.5 Å². The van der Waals surface area contributed by atoms with Crippen molar-refractivity contribution in [2.45, 2.75) is 0 Å². The number of halogens is 1. The second kappa shape index (κ2) is 5.54. The summed E-state index contributed by atoms with van der Waals surface area (Å²) in [4.78, 5) is 2.40. The van der Waals surface area contributed by atoms with Gasteiger partial charge in [0.25, 0.3) is 0 Å². The van der Waals surface area contributed by atoms with Crippen molar-refractivity contribution in [1.82, 2.24) is 4.90 Å². The molecule has 0 unspecified atom stereocenters. The molecule has 0 radical (unpaired) electrons. The minimum Gasteiger partial charge on any atom is -0.299 e. The summed E-state index contributed by atoms with van der Waals surface area (Å²) in [6.45, 7) is 1.30. The van der Waals surface area contributed by atoms with Crippen LogP contribution in [0.5, 0.6) is 0 Å². The Balaban J connectivity index is 0.00000112. The van der Waals surface area contributed by atoms with Crippen LogP contribution in [-0.2, 0) is 0 Å². The van der Waals surface area contributed by atoms with Crippen molar-refractivity contribution in [3.05, 3.63) is 30.3 Å². The van der Waals surface area contributed by atoms with Gasteiger partial charge in [-0.25, -0.2) is 0 Å². The Morgan fingerprint density at radius 1 is 1.13 bits per heavy atom. The summed E-state index contributed by atoms with van der Waals surface area (Å²) >= 11 is 4.96. The van der Waals surface area contributed by atoms with E-state index >= 15 is 0 Å². The topological polar surface area (TPSA) is 3.24 Å². The summed E-state index contributed by atoms with van der Waals surface area (Å²) in [6.07, 6.45) is 2.52. The summed E-state index contributed by atoms with van der Waals surface area (Å²) in [5, 5.41) is 1.48. The van der Waals surface area contributed by atoms with Gasteiger partial charge in [0.2, 0.25) is 0 Å². The van der Waals surface area contributed by atoms with Crippen LogP contribution in [0.4, 0.5) is 0 Å². The molecule has 0 saturated carbocycles. The van der Waals surface area contributed by atoms with Crippen molar-refractivity contribution >= 4 is 36.4 Å². The molecule has 0 N–H and O–H groups in total. The van der Waals surface area contributed by atoms with E-state index in [2.05, 4.69) is 42.3 Å². The molecule has 0 spiro atoms. The van der Waals surface area contributed by atoms with Crippen molar-refractivity contribution in [3.8, 4) is 0 Å². The Morgan fingerprint density at radius 2 is 1.67 bits per heavy atom. The molecule has 0 bridgehead atoms. The summed E-state index contributed by atoms with van der Waals surface area (Å²) in [6, 6.07) is 10.8. The Labute approximate surface area is 104 Å². The monoisotopic (exact) mass is 262 g/mol. The van der Waals surface area contributed by atoms with Gasteiger partial charge in [0, 0.05) is 25.3 Å². The highest BCUT2D eigenvalue weighted by atomic mass is 35.5. The van der Waals surface area contributed by atoms with Crippen LogP contribution in [0.25, 0.3) is 0 Å². The van der Waals surface area contributed by atoms with Crippen LogP contribution in [0.15, 0.2) is 30.3 Å². The fraction of sp³-hybridized carbons (Fsp3) is 0.455. The standard InChI is InChI=1S/C11H17NPS.ClH/c1-12-7-9-13(14,10-8-12)11-5-3-2-4-6-11;/h2-6,14H,7-10H2,1H3;1H/q+1;. The summed E-state index contributed by atoms with van der Waals surface area (Å²) in [5.74, 6) is 0. The van der Waals surface area contributed by atoms with Gasteiger partial charge in [-0.2, -0.15) is 0 Å². The molecule has 1 aromatic carbocycles. The van der Waals surface area contributed by atoms with Gasteiger partial charge in [-0.3, -0.25) is 4.90 Å². The Hall–Kier alpha value is 0.250. The van der Waals surface area contributed by atoms with E-state index in [0.717, 1.165) is 0 Å². The lowest BCUT2D eigenvalue weighted by molar-refractivity contribution is 0.368. The normalized spacial score (nSPS) is 20.7. The molecule has 1 saturated heterocycles. The molecule has 4 heteroatoms. The van der Waals surface area contributed by atoms with E-state index in [0.29, 0.717) is 0 Å². The highest BCUT2D eigenvalue weighted by molar-refractivity contribution is 8.55. The molecule has 1 fully saturated rings. The van der Waals surface area contributed by atoms with Crippen LogP contribution in [0.1, 0.15) is 0 Å². The second-order valence-electron chi connectivity index (χ2n) is 4.01. The van der Waals surface area contributed by atoms with Crippen LogP contribution in [-0.4, -0.2) is 37.4 Å². The van der Waals surface area contributed by atoms with Crippen molar-refractivity contribution < 1.29 is 0 Å². The number of thiol groups is 1. The van der Waals surface area contributed by atoms with E-state index in [1.54, 1.807) is 0 Å². The maximum absolute atomic E-state index is 4.96. The highest BCUT2D eigenvalue weighted by Crippen LogP contribution is 2.62. The van der Waals surface area contributed by atoms with Crippen molar-refractivity contribution in [2.24, 2.45) is 0 Å². The maximum atomic E-state index is 4.96. The van der Waals surface area contributed by atoms with E-state index in [1.165, 1.54) is 30.7 Å². The molecule has 0 aliphatic carbocycles. The largest absolute Gasteiger partial charge is 0.299 e. The van der Waals surface area contributed by atoms with E-state index in [1.807, 2.05) is 0 Å². The van der Waals surface area contributed by atoms with Crippen molar-refractivity contribution in [1.29, 1.82) is 0 Å². The smallest absolute Gasteiger partial charge is 0.105 e. The third-order valence-electron chi connectivity index (χ3n) is 2.94. The third kappa shape index (κ3) is 3.10. The number of hydrogen-bond acceptors (Lipinski definition) is 2. The first-order valence-corrected chi connectivity index (χ1v) is 8.36. The molecule has 0 aromatic heterocycles. The number of rotatable bonds is 1. The zero-order valence-corrected chi connectivity index (χ0v) is 11.6. The zero-order chi connectivity index (χ0) is 10.0. The second-order valence-corrected chi connectivity index (χ2v) is 9.56. The molecular weight excluding hydrogens is 245 g/mol. The molecule has 1 heterocycles. The van der Waals surface area contributed by atoms with Crippen molar-refractivity contribution in [3.63, 3.8) is 0 Å². The lowest BCUT2D eigenvalue weighted by Crippen LogP contribution is -2.35. The molecule has 15 heavy (non-hydrogen) atoms.